The number of phenols is 2. The van der Waals surface area contributed by atoms with E-state index in [2.05, 4.69) is 0 Å². The third-order valence-corrected chi connectivity index (χ3v) is 5.06. The Bertz CT molecular complexity index is 670. The van der Waals surface area contributed by atoms with Crippen LogP contribution in [0.2, 0.25) is 0 Å². The Hall–Kier alpha value is -2.07. The molecule has 1 aromatic rings. The van der Waals surface area contributed by atoms with Crippen molar-refractivity contribution in [1.82, 2.24) is 0 Å². The molecule has 3 aliphatic rings. The van der Waals surface area contributed by atoms with Crippen molar-refractivity contribution in [2.45, 2.75) is 12.3 Å². The summed E-state index contributed by atoms with van der Waals surface area (Å²) in [5, 5.41) is 19.5. The van der Waals surface area contributed by atoms with E-state index in [9.17, 15) is 15.0 Å². The molecular weight excluding hydrogens is 268 g/mol. The van der Waals surface area contributed by atoms with Crippen molar-refractivity contribution in [3.05, 3.63) is 47.6 Å². The number of carbonyl (C=O) groups excluding carboxylic acids is 1. The van der Waals surface area contributed by atoms with Gasteiger partial charge in [-0.15, -0.1) is 0 Å². The molecule has 2 aliphatic carbocycles. The summed E-state index contributed by atoms with van der Waals surface area (Å²) in [7, 11) is 0. The number of fused-ring (bicyclic) bond motifs is 2. The SMILES string of the molecule is O=C1C=CC2(C=C1)C1COC[C@H]2Cc2cc(O)c(O)cc21. The van der Waals surface area contributed by atoms with E-state index in [0.717, 1.165) is 17.5 Å². The molecule has 1 heterocycles. The van der Waals surface area contributed by atoms with E-state index in [1.54, 1.807) is 24.3 Å². The molecule has 0 aromatic heterocycles. The number of hydrogen-bond donors (Lipinski definition) is 2. The highest BCUT2D eigenvalue weighted by molar-refractivity contribution is 6.00. The van der Waals surface area contributed by atoms with Gasteiger partial charge in [-0.3, -0.25) is 4.79 Å². The monoisotopic (exact) mass is 284 g/mol. The zero-order valence-electron chi connectivity index (χ0n) is 11.5. The van der Waals surface area contributed by atoms with E-state index < -0.39 is 0 Å². The van der Waals surface area contributed by atoms with Gasteiger partial charge < -0.3 is 14.9 Å². The number of hydrogen-bond acceptors (Lipinski definition) is 4. The number of carbonyl (C=O) groups is 1. The van der Waals surface area contributed by atoms with Crippen LogP contribution in [-0.2, 0) is 16.0 Å². The first-order valence-electron chi connectivity index (χ1n) is 7.15. The van der Waals surface area contributed by atoms with E-state index in [0.29, 0.717) is 13.2 Å². The predicted octanol–water partition coefficient (Wildman–Crippen LogP) is 2.07. The number of benzene rings is 1. The minimum absolute atomic E-state index is 0.0129. The Morgan fingerprint density at radius 2 is 1.81 bits per heavy atom. The number of allylic oxidation sites excluding steroid dienone is 4. The maximum absolute atomic E-state index is 11.5. The normalized spacial score (nSPS) is 28.7. The van der Waals surface area contributed by atoms with E-state index in [4.69, 9.17) is 4.74 Å². The van der Waals surface area contributed by atoms with Crippen molar-refractivity contribution in [2.24, 2.45) is 11.3 Å². The lowest BCUT2D eigenvalue weighted by Crippen LogP contribution is -2.48. The van der Waals surface area contributed by atoms with Gasteiger partial charge in [0, 0.05) is 11.3 Å². The summed E-state index contributed by atoms with van der Waals surface area (Å²) in [6.07, 6.45) is 8.04. The molecule has 1 saturated heterocycles. The fraction of sp³-hybridized carbons (Fsp3) is 0.353. The lowest BCUT2D eigenvalue weighted by molar-refractivity contribution is -0.111. The van der Waals surface area contributed by atoms with Crippen LogP contribution >= 0.6 is 0 Å². The zero-order chi connectivity index (χ0) is 14.6. The third kappa shape index (κ3) is 1.69. The smallest absolute Gasteiger partial charge is 0.178 e. The molecule has 1 spiro atoms. The quantitative estimate of drug-likeness (QED) is 0.716. The van der Waals surface area contributed by atoms with Gasteiger partial charge in [-0.25, -0.2) is 0 Å². The van der Waals surface area contributed by atoms with E-state index in [1.807, 2.05) is 12.2 Å². The van der Waals surface area contributed by atoms with Gasteiger partial charge in [0.15, 0.2) is 17.3 Å². The van der Waals surface area contributed by atoms with Crippen molar-refractivity contribution >= 4 is 5.78 Å². The molecule has 21 heavy (non-hydrogen) atoms. The third-order valence-electron chi connectivity index (χ3n) is 5.06. The average Bonchev–Trinajstić information content (AvgIpc) is 2.46. The summed E-state index contributed by atoms with van der Waals surface area (Å²) in [5.74, 6) is 0.140. The standard InChI is InChI=1S/C17H16O4/c18-12-1-3-17(4-2-12)11-5-10-6-15(19)16(20)7-13(10)14(17)9-21-8-11/h1-4,6-7,11,14,19-20H,5,8-9H2/t11-,14?/m1/s1. The van der Waals surface area contributed by atoms with E-state index in [1.165, 1.54) is 0 Å². The first-order valence-corrected chi connectivity index (χ1v) is 7.15. The summed E-state index contributed by atoms with van der Waals surface area (Å²) >= 11 is 0. The van der Waals surface area contributed by atoms with E-state index in [-0.39, 0.29) is 34.5 Å². The second-order valence-electron chi connectivity index (χ2n) is 6.10. The maximum Gasteiger partial charge on any atom is 0.178 e. The number of aromatic hydroxyl groups is 2. The molecule has 0 saturated carbocycles. The van der Waals surface area contributed by atoms with Crippen LogP contribution in [0.25, 0.3) is 0 Å². The van der Waals surface area contributed by atoms with Crippen LogP contribution in [0.3, 0.4) is 0 Å². The molecule has 4 nitrogen and oxygen atoms in total. The van der Waals surface area contributed by atoms with Crippen LogP contribution in [0.4, 0.5) is 0 Å². The fourth-order valence-corrected chi connectivity index (χ4v) is 3.97. The molecule has 2 atom stereocenters. The van der Waals surface area contributed by atoms with Crippen molar-refractivity contribution in [2.75, 3.05) is 13.2 Å². The molecule has 0 amide bonds. The van der Waals surface area contributed by atoms with Crippen LogP contribution in [0.1, 0.15) is 17.0 Å². The van der Waals surface area contributed by atoms with Gasteiger partial charge in [-0.2, -0.15) is 0 Å². The zero-order valence-corrected chi connectivity index (χ0v) is 11.5. The molecule has 1 unspecified atom stereocenters. The van der Waals surface area contributed by atoms with Gasteiger partial charge in [0.25, 0.3) is 0 Å². The van der Waals surface area contributed by atoms with Gasteiger partial charge in [0.1, 0.15) is 0 Å². The van der Waals surface area contributed by atoms with Crippen LogP contribution in [0.5, 0.6) is 11.5 Å². The topological polar surface area (TPSA) is 66.8 Å². The first-order chi connectivity index (χ1) is 10.1. The van der Waals surface area contributed by atoms with Crippen LogP contribution in [0, 0.1) is 11.3 Å². The highest BCUT2D eigenvalue weighted by Gasteiger charge is 2.50. The second-order valence-corrected chi connectivity index (χ2v) is 6.10. The van der Waals surface area contributed by atoms with Gasteiger partial charge >= 0.3 is 0 Å². The van der Waals surface area contributed by atoms with Gasteiger partial charge in [0.2, 0.25) is 0 Å². The van der Waals surface area contributed by atoms with Crippen molar-refractivity contribution < 1.29 is 19.7 Å². The molecule has 0 radical (unpaired) electrons. The number of ketones is 1. The average molecular weight is 284 g/mol. The Morgan fingerprint density at radius 3 is 2.57 bits per heavy atom. The Balaban J connectivity index is 1.89. The van der Waals surface area contributed by atoms with Crippen LogP contribution in [0.15, 0.2) is 36.4 Å². The number of phenolic OH excluding ortho intramolecular Hbond substituents is 2. The summed E-state index contributed by atoms with van der Waals surface area (Å²) in [6.45, 7) is 1.19. The summed E-state index contributed by atoms with van der Waals surface area (Å²) < 4.78 is 5.72. The van der Waals surface area contributed by atoms with Gasteiger partial charge in [-0.05, 0) is 47.8 Å². The molecule has 4 heteroatoms. The lowest BCUT2D eigenvalue weighted by Gasteiger charge is -2.51. The van der Waals surface area contributed by atoms with E-state index >= 15 is 0 Å². The summed E-state index contributed by atoms with van der Waals surface area (Å²) in [5.41, 5.74) is 1.85. The predicted molar refractivity (Wildman–Crippen MR) is 76.2 cm³/mol. The Kier molecular flexibility index (Phi) is 2.54. The highest BCUT2D eigenvalue weighted by Crippen LogP contribution is 2.55. The molecule has 1 aromatic carbocycles. The highest BCUT2D eigenvalue weighted by atomic mass is 16.5. The molecule has 1 fully saturated rings. The molecule has 108 valence electrons. The van der Waals surface area contributed by atoms with Crippen LogP contribution < -0.4 is 0 Å². The second kappa shape index (κ2) is 4.21. The molecule has 2 bridgehead atoms. The molecule has 1 aliphatic heterocycles. The molecule has 2 N–H and O–H groups in total. The van der Waals surface area contributed by atoms with Crippen molar-refractivity contribution in [3.63, 3.8) is 0 Å². The van der Waals surface area contributed by atoms with Crippen molar-refractivity contribution in [3.8, 4) is 11.5 Å². The van der Waals surface area contributed by atoms with Gasteiger partial charge in [-0.1, -0.05) is 12.2 Å². The fourth-order valence-electron chi connectivity index (χ4n) is 3.97. The molecule has 4 rings (SSSR count). The summed E-state index contributed by atoms with van der Waals surface area (Å²) in [6, 6.07) is 3.30. The lowest BCUT2D eigenvalue weighted by atomic mass is 9.56. The summed E-state index contributed by atoms with van der Waals surface area (Å²) in [4.78, 5) is 11.5. The van der Waals surface area contributed by atoms with Crippen molar-refractivity contribution in [1.29, 1.82) is 0 Å². The Labute approximate surface area is 122 Å². The maximum atomic E-state index is 11.5. The number of rotatable bonds is 0. The first kappa shape index (κ1) is 12.7. The molecular formula is C17H16O4. The minimum Gasteiger partial charge on any atom is -0.504 e. The Morgan fingerprint density at radius 1 is 1.10 bits per heavy atom. The number of ether oxygens (including phenoxy) is 1. The minimum atomic E-state index is -0.220. The van der Waals surface area contributed by atoms with Gasteiger partial charge in [0.05, 0.1) is 13.2 Å². The largest absolute Gasteiger partial charge is 0.504 e. The van der Waals surface area contributed by atoms with Crippen LogP contribution in [-0.4, -0.2) is 29.2 Å².